The summed E-state index contributed by atoms with van der Waals surface area (Å²) in [5, 5.41) is 27.6. The first-order chi connectivity index (χ1) is 20.1. The highest BCUT2D eigenvalue weighted by Crippen LogP contribution is 2.44. The first-order valence-corrected chi connectivity index (χ1v) is 11.6. The summed E-state index contributed by atoms with van der Waals surface area (Å²) in [6.45, 7) is 0. The van der Waals surface area contributed by atoms with Gasteiger partial charge in [0.1, 0.15) is 29.2 Å². The van der Waals surface area contributed by atoms with Crippen LogP contribution >= 0.6 is 11.6 Å². The van der Waals surface area contributed by atoms with Gasteiger partial charge in [-0.1, -0.05) is 11.6 Å². The minimum Gasteiger partial charge on any atom is -0.497 e. The standard InChI is InChI=1S/C21H13ClN6O.2C2HF3O2/c1-29-12-7-11(9-23)17(15(22)8-12)21-27-18-13-4-6-24-10-16(13)26-20-14(19(18)28-21)3-2-5-25-20;2*3-2(4,5)1(6)7/h2-8,10H,1H3,(H,25,26)(H,27,28);2*(H,6,7). The molecule has 0 fully saturated rings. The fourth-order valence-electron chi connectivity index (χ4n) is 3.45. The highest BCUT2D eigenvalue weighted by atomic mass is 35.5. The molecule has 43 heavy (non-hydrogen) atoms. The van der Waals surface area contributed by atoms with Crippen LogP contribution in [0.1, 0.15) is 5.56 Å². The predicted molar refractivity (Wildman–Crippen MR) is 137 cm³/mol. The minimum atomic E-state index is -5.08. The number of benzene rings is 1. The Morgan fingerprint density at radius 1 is 1.02 bits per heavy atom. The van der Waals surface area contributed by atoms with E-state index in [1.807, 2.05) is 18.2 Å². The Balaban J connectivity index is 0.000000303. The van der Waals surface area contributed by atoms with E-state index < -0.39 is 24.3 Å². The number of aromatic nitrogens is 4. The van der Waals surface area contributed by atoms with Gasteiger partial charge in [-0.15, -0.1) is 0 Å². The number of fused-ring (bicyclic) bond motifs is 5. The van der Waals surface area contributed by atoms with E-state index in [2.05, 4.69) is 26.3 Å². The van der Waals surface area contributed by atoms with Crippen LogP contribution in [0.2, 0.25) is 5.02 Å². The zero-order valence-electron chi connectivity index (χ0n) is 21.2. The Morgan fingerprint density at radius 2 is 1.65 bits per heavy atom. The fraction of sp³-hybridized carbons (Fsp3) is 0.120. The van der Waals surface area contributed by atoms with Gasteiger partial charge in [0.25, 0.3) is 0 Å². The molecule has 0 saturated carbocycles. The molecule has 1 aliphatic rings. The van der Waals surface area contributed by atoms with Crippen LogP contribution < -0.4 is 10.1 Å². The van der Waals surface area contributed by atoms with Crippen LogP contribution in [0.3, 0.4) is 0 Å². The van der Waals surface area contributed by atoms with E-state index in [9.17, 15) is 31.6 Å². The number of nitriles is 1. The van der Waals surface area contributed by atoms with E-state index in [1.165, 1.54) is 7.11 Å². The van der Waals surface area contributed by atoms with Crippen LogP contribution in [0.4, 0.5) is 37.8 Å². The van der Waals surface area contributed by atoms with E-state index in [0.29, 0.717) is 33.5 Å². The van der Waals surface area contributed by atoms with Gasteiger partial charge < -0.3 is 25.3 Å². The van der Waals surface area contributed by atoms with Crippen LogP contribution in [0, 0.1) is 11.3 Å². The van der Waals surface area contributed by atoms with Crippen molar-refractivity contribution in [2.75, 3.05) is 12.4 Å². The number of imidazole rings is 1. The Labute approximate surface area is 241 Å². The second-order valence-electron chi connectivity index (χ2n) is 8.00. The van der Waals surface area contributed by atoms with Crippen molar-refractivity contribution in [3.63, 3.8) is 0 Å². The topological polar surface area (TPSA) is 174 Å². The van der Waals surface area contributed by atoms with Gasteiger partial charge in [-0.2, -0.15) is 31.6 Å². The number of aliphatic carboxylic acids is 2. The molecule has 0 radical (unpaired) electrons. The SMILES string of the molecule is COc1cc(Cl)c(-c2nc3c([nH]2)-c2ccncc2Nc2ncccc2-3)c(C#N)c1.O=C(O)C(F)(F)F.O=C(O)C(F)(F)F. The maximum atomic E-state index is 10.6. The normalized spacial score (nSPS) is 11.3. The Kier molecular flexibility index (Phi) is 9.46. The number of aromatic amines is 1. The number of anilines is 2. The van der Waals surface area contributed by atoms with Gasteiger partial charge in [-0.3, -0.25) is 4.98 Å². The second kappa shape index (κ2) is 12.7. The number of H-pyrrole nitrogens is 1. The summed E-state index contributed by atoms with van der Waals surface area (Å²) >= 11 is 6.50. The molecular weight excluding hydrogens is 614 g/mol. The van der Waals surface area contributed by atoms with Crippen LogP contribution in [-0.2, 0) is 9.59 Å². The van der Waals surface area contributed by atoms with Gasteiger partial charge >= 0.3 is 24.3 Å². The van der Waals surface area contributed by atoms with Crippen LogP contribution in [-0.4, -0.2) is 61.5 Å². The molecular formula is C25H15ClF6N6O5. The molecule has 4 heterocycles. The molecule has 0 bridgehead atoms. The van der Waals surface area contributed by atoms with Crippen molar-refractivity contribution in [2.24, 2.45) is 0 Å². The largest absolute Gasteiger partial charge is 0.497 e. The molecule has 3 aromatic heterocycles. The van der Waals surface area contributed by atoms with Crippen molar-refractivity contribution in [1.29, 1.82) is 5.26 Å². The van der Waals surface area contributed by atoms with Crippen LogP contribution in [0.25, 0.3) is 33.9 Å². The molecule has 1 aromatic carbocycles. The van der Waals surface area contributed by atoms with Crippen molar-refractivity contribution in [1.82, 2.24) is 19.9 Å². The van der Waals surface area contributed by atoms with E-state index in [0.717, 1.165) is 28.2 Å². The summed E-state index contributed by atoms with van der Waals surface area (Å²) in [4.78, 5) is 34.6. The number of methoxy groups -OCH3 is 1. The van der Waals surface area contributed by atoms with Crippen LogP contribution in [0.15, 0.2) is 48.9 Å². The molecule has 0 aliphatic carbocycles. The van der Waals surface area contributed by atoms with Crippen molar-refractivity contribution < 1.29 is 50.9 Å². The summed E-state index contributed by atoms with van der Waals surface area (Å²) in [7, 11) is 1.53. The highest BCUT2D eigenvalue weighted by molar-refractivity contribution is 6.33. The number of alkyl halides is 6. The smallest absolute Gasteiger partial charge is 0.490 e. The number of rotatable bonds is 2. The van der Waals surface area contributed by atoms with Crippen molar-refractivity contribution >= 4 is 35.0 Å². The lowest BCUT2D eigenvalue weighted by Crippen LogP contribution is -2.21. The Hall–Kier alpha value is -5.37. The lowest BCUT2D eigenvalue weighted by Gasteiger charge is -2.09. The number of hydrogen-bond acceptors (Lipinski definition) is 8. The lowest BCUT2D eigenvalue weighted by molar-refractivity contribution is -0.193. The van der Waals surface area contributed by atoms with Gasteiger partial charge in [-0.05, 0) is 30.3 Å². The number of hydrogen-bond donors (Lipinski definition) is 4. The maximum Gasteiger partial charge on any atom is 0.490 e. The molecule has 11 nitrogen and oxygen atoms in total. The molecule has 4 N–H and O–H groups in total. The number of ether oxygens (including phenoxy) is 1. The average molecular weight is 629 g/mol. The molecule has 1 aliphatic heterocycles. The van der Waals surface area contributed by atoms with Gasteiger partial charge in [0.05, 0.1) is 40.8 Å². The van der Waals surface area contributed by atoms with Gasteiger partial charge in [0.2, 0.25) is 0 Å². The number of carboxylic acid groups (broad SMARTS) is 2. The van der Waals surface area contributed by atoms with Crippen molar-refractivity contribution in [2.45, 2.75) is 12.4 Å². The van der Waals surface area contributed by atoms with Gasteiger partial charge in [-0.25, -0.2) is 19.6 Å². The molecule has 4 aromatic rings. The van der Waals surface area contributed by atoms with E-state index in [-0.39, 0.29) is 0 Å². The first-order valence-electron chi connectivity index (χ1n) is 11.2. The quantitative estimate of drug-likeness (QED) is 0.168. The molecule has 0 atom stereocenters. The number of nitrogens with one attached hydrogen (secondary N) is 2. The lowest BCUT2D eigenvalue weighted by atomic mass is 10.1. The molecule has 0 spiro atoms. The monoisotopic (exact) mass is 628 g/mol. The number of halogens is 7. The first kappa shape index (κ1) is 32.1. The summed E-state index contributed by atoms with van der Waals surface area (Å²) in [6, 6.07) is 11.2. The van der Waals surface area contributed by atoms with E-state index in [4.69, 9.17) is 41.1 Å². The third-order valence-corrected chi connectivity index (χ3v) is 5.55. The van der Waals surface area contributed by atoms with Crippen LogP contribution in [0.5, 0.6) is 5.75 Å². The summed E-state index contributed by atoms with van der Waals surface area (Å²) < 4.78 is 68.7. The van der Waals surface area contributed by atoms with E-state index in [1.54, 1.807) is 30.7 Å². The molecule has 0 saturated heterocycles. The zero-order valence-corrected chi connectivity index (χ0v) is 21.9. The minimum absolute atomic E-state index is 0.373. The molecule has 18 heteroatoms. The summed E-state index contributed by atoms with van der Waals surface area (Å²) in [5.74, 6) is -3.82. The van der Waals surface area contributed by atoms with Crippen molar-refractivity contribution in [3.8, 4) is 45.7 Å². The number of carboxylic acids is 2. The fourth-order valence-corrected chi connectivity index (χ4v) is 3.74. The maximum absolute atomic E-state index is 10.6. The number of pyridine rings is 2. The third-order valence-electron chi connectivity index (χ3n) is 5.25. The molecule has 0 unspecified atom stereocenters. The van der Waals surface area contributed by atoms with Gasteiger partial charge in [0.15, 0.2) is 0 Å². The summed E-state index contributed by atoms with van der Waals surface area (Å²) in [5.41, 5.74) is 4.96. The second-order valence-corrected chi connectivity index (χ2v) is 8.41. The third kappa shape index (κ3) is 7.48. The number of nitrogens with zero attached hydrogens (tertiary/aromatic N) is 4. The molecule has 224 valence electrons. The summed E-state index contributed by atoms with van der Waals surface area (Å²) in [6.07, 6.45) is -4.99. The van der Waals surface area contributed by atoms with Gasteiger partial charge in [0, 0.05) is 23.5 Å². The number of carbonyl (C=O) groups is 2. The Bertz CT molecular complexity index is 1630. The predicted octanol–water partition coefficient (Wildman–Crippen LogP) is 6.06. The molecule has 5 rings (SSSR count). The zero-order chi connectivity index (χ0) is 32.1. The highest BCUT2D eigenvalue weighted by Gasteiger charge is 2.39. The average Bonchev–Trinajstić information content (AvgIpc) is 3.32. The Morgan fingerprint density at radius 3 is 2.21 bits per heavy atom. The molecule has 0 amide bonds. The van der Waals surface area contributed by atoms with E-state index >= 15 is 0 Å². The van der Waals surface area contributed by atoms with Crippen molar-refractivity contribution in [3.05, 3.63) is 59.5 Å².